The van der Waals surface area contributed by atoms with Gasteiger partial charge >= 0.3 is 6.09 Å². The van der Waals surface area contributed by atoms with Crippen LogP contribution in [0.5, 0.6) is 23.0 Å². The van der Waals surface area contributed by atoms with E-state index in [2.05, 4.69) is 4.98 Å². The van der Waals surface area contributed by atoms with Gasteiger partial charge in [0.1, 0.15) is 11.5 Å². The molecule has 0 saturated heterocycles. The van der Waals surface area contributed by atoms with Crippen molar-refractivity contribution >= 4 is 28.4 Å². The number of hydrogen-bond acceptors (Lipinski definition) is 5. The molecule has 0 bridgehead atoms. The number of nitrogens with zero attached hydrogens (tertiary/aromatic N) is 2. The van der Waals surface area contributed by atoms with Crippen LogP contribution in [-0.2, 0) is 0 Å². The molecule has 5 aromatic rings. The molecule has 7 nitrogen and oxygen atoms in total. The van der Waals surface area contributed by atoms with E-state index in [0.717, 1.165) is 27.6 Å². The smallest absolute Gasteiger partial charge is 0.416 e. The highest BCUT2D eigenvalue weighted by molar-refractivity contribution is 5.96. The molecule has 39 heavy (non-hydrogen) atoms. The molecule has 4 aromatic carbocycles. The molecule has 5 rings (SSSR count). The largest absolute Gasteiger partial charge is 0.493 e. The predicted octanol–water partition coefficient (Wildman–Crippen LogP) is 8.14. The Kier molecular flexibility index (Phi) is 7.06. The summed E-state index contributed by atoms with van der Waals surface area (Å²) in [5.41, 5.74) is 5.52. The van der Waals surface area contributed by atoms with Gasteiger partial charge in [-0.15, -0.1) is 0 Å². The molecule has 0 atom stereocenters. The van der Waals surface area contributed by atoms with E-state index in [9.17, 15) is 9.90 Å². The minimum Gasteiger partial charge on any atom is -0.493 e. The van der Waals surface area contributed by atoms with Gasteiger partial charge in [0.05, 0.1) is 31.1 Å². The van der Waals surface area contributed by atoms with Gasteiger partial charge in [0, 0.05) is 17.6 Å². The summed E-state index contributed by atoms with van der Waals surface area (Å²) >= 11 is 0. The summed E-state index contributed by atoms with van der Waals surface area (Å²) in [6.45, 7) is 3.81. The first-order valence-corrected chi connectivity index (χ1v) is 12.4. The van der Waals surface area contributed by atoms with E-state index >= 15 is 0 Å². The van der Waals surface area contributed by atoms with Crippen LogP contribution in [0.3, 0.4) is 0 Å². The normalized spacial score (nSPS) is 10.8. The first-order valence-electron chi connectivity index (χ1n) is 12.4. The third-order valence-electron chi connectivity index (χ3n) is 6.80. The Labute approximate surface area is 226 Å². The molecule has 196 valence electrons. The maximum Gasteiger partial charge on any atom is 0.416 e. The molecule has 0 unspecified atom stereocenters. The van der Waals surface area contributed by atoms with Gasteiger partial charge in [0.2, 0.25) is 0 Å². The number of methoxy groups -OCH3 is 2. The van der Waals surface area contributed by atoms with Crippen LogP contribution in [0.2, 0.25) is 0 Å². The fraction of sp³-hybridized carbons (Fsp3) is 0.125. The summed E-state index contributed by atoms with van der Waals surface area (Å²) in [5, 5.41) is 10.9. The second-order valence-corrected chi connectivity index (χ2v) is 9.00. The number of rotatable bonds is 7. The van der Waals surface area contributed by atoms with Gasteiger partial charge in [0.15, 0.2) is 11.5 Å². The highest BCUT2D eigenvalue weighted by Gasteiger charge is 2.22. The Morgan fingerprint density at radius 1 is 0.744 bits per heavy atom. The van der Waals surface area contributed by atoms with Gasteiger partial charge in [-0.3, -0.25) is 4.98 Å². The lowest BCUT2D eigenvalue weighted by molar-refractivity contribution is 0.204. The van der Waals surface area contributed by atoms with E-state index in [1.54, 1.807) is 44.7 Å². The summed E-state index contributed by atoms with van der Waals surface area (Å²) < 4.78 is 17.2. The SMILES string of the molecule is COc1cc2nccc(Oc3ccc(N(C(=O)O)c4ccc(-c5ccccc5)cc4)c(C)c3C)c2cc1OC. The Balaban J connectivity index is 1.49. The summed E-state index contributed by atoms with van der Waals surface area (Å²) in [6.07, 6.45) is 0.602. The minimum absolute atomic E-state index is 0.555. The summed E-state index contributed by atoms with van der Waals surface area (Å²) in [4.78, 5) is 18.1. The van der Waals surface area contributed by atoms with Crippen LogP contribution < -0.4 is 19.1 Å². The van der Waals surface area contributed by atoms with Crippen LogP contribution in [0, 0.1) is 13.8 Å². The molecule has 1 heterocycles. The van der Waals surface area contributed by atoms with Crippen molar-refractivity contribution in [3.8, 4) is 34.1 Å². The van der Waals surface area contributed by atoms with E-state index < -0.39 is 6.09 Å². The molecule has 0 aliphatic carbocycles. The first kappa shape index (κ1) is 25.6. The number of carbonyl (C=O) groups is 1. The lowest BCUT2D eigenvalue weighted by Gasteiger charge is -2.24. The quantitative estimate of drug-likeness (QED) is 0.233. The van der Waals surface area contributed by atoms with Crippen molar-refractivity contribution in [2.45, 2.75) is 13.8 Å². The van der Waals surface area contributed by atoms with Gasteiger partial charge in [-0.25, -0.2) is 9.69 Å². The van der Waals surface area contributed by atoms with E-state index in [4.69, 9.17) is 14.2 Å². The molecule has 0 fully saturated rings. The van der Waals surface area contributed by atoms with E-state index in [0.29, 0.717) is 39.9 Å². The fourth-order valence-electron chi connectivity index (χ4n) is 4.58. The molecule has 0 radical (unpaired) electrons. The molecule has 1 aromatic heterocycles. The lowest BCUT2D eigenvalue weighted by atomic mass is 10.0. The van der Waals surface area contributed by atoms with E-state index in [1.165, 1.54) is 4.90 Å². The maximum absolute atomic E-state index is 12.4. The van der Waals surface area contributed by atoms with Crippen molar-refractivity contribution in [1.82, 2.24) is 4.98 Å². The molecular weight excluding hydrogens is 492 g/mol. The zero-order valence-corrected chi connectivity index (χ0v) is 22.1. The lowest BCUT2D eigenvalue weighted by Crippen LogP contribution is -2.24. The second-order valence-electron chi connectivity index (χ2n) is 9.00. The van der Waals surface area contributed by atoms with Crippen molar-refractivity contribution in [3.05, 3.63) is 102 Å². The highest BCUT2D eigenvalue weighted by Crippen LogP contribution is 2.40. The molecule has 0 spiro atoms. The van der Waals surface area contributed by atoms with Crippen molar-refractivity contribution in [2.24, 2.45) is 0 Å². The Bertz CT molecular complexity index is 1650. The van der Waals surface area contributed by atoms with E-state index in [1.807, 2.05) is 74.5 Å². The molecule has 1 N–H and O–H groups in total. The minimum atomic E-state index is -1.07. The summed E-state index contributed by atoms with van der Waals surface area (Å²) in [6, 6.07) is 26.4. The monoisotopic (exact) mass is 520 g/mol. The maximum atomic E-state index is 12.4. The van der Waals surface area contributed by atoms with E-state index in [-0.39, 0.29) is 0 Å². The Morgan fingerprint density at radius 3 is 2.08 bits per heavy atom. The Hall–Kier alpha value is -5.04. The number of fused-ring (bicyclic) bond motifs is 1. The number of anilines is 2. The molecule has 0 aliphatic heterocycles. The van der Waals surface area contributed by atoms with Gasteiger partial charge in [-0.1, -0.05) is 42.5 Å². The third-order valence-corrected chi connectivity index (χ3v) is 6.80. The molecular formula is C32H28N2O5. The van der Waals surface area contributed by atoms with Gasteiger partial charge in [-0.2, -0.15) is 0 Å². The fourth-order valence-corrected chi connectivity index (χ4v) is 4.58. The first-order chi connectivity index (χ1) is 18.9. The van der Waals surface area contributed by atoms with Crippen LogP contribution in [0.4, 0.5) is 16.2 Å². The molecule has 0 saturated carbocycles. The highest BCUT2D eigenvalue weighted by atomic mass is 16.5. The molecule has 0 aliphatic rings. The van der Waals surface area contributed by atoms with Gasteiger partial charge in [-0.05, 0) is 72.5 Å². The summed E-state index contributed by atoms with van der Waals surface area (Å²) in [5.74, 6) is 2.36. The number of benzene rings is 4. The van der Waals surface area contributed by atoms with Crippen LogP contribution in [0.25, 0.3) is 22.0 Å². The predicted molar refractivity (Wildman–Crippen MR) is 153 cm³/mol. The van der Waals surface area contributed by atoms with Crippen molar-refractivity contribution in [3.63, 3.8) is 0 Å². The summed E-state index contributed by atoms with van der Waals surface area (Å²) in [7, 11) is 3.16. The number of pyridine rings is 1. The number of aromatic nitrogens is 1. The number of carboxylic acid groups (broad SMARTS) is 1. The number of ether oxygens (including phenoxy) is 3. The van der Waals surface area contributed by atoms with Crippen molar-refractivity contribution < 1.29 is 24.1 Å². The third kappa shape index (κ3) is 4.94. The second kappa shape index (κ2) is 10.8. The average Bonchev–Trinajstić information content (AvgIpc) is 2.96. The number of amides is 1. The topological polar surface area (TPSA) is 81.1 Å². The van der Waals surface area contributed by atoms with Crippen LogP contribution in [0.15, 0.2) is 91.1 Å². The van der Waals surface area contributed by atoms with Crippen LogP contribution in [-0.4, -0.2) is 30.4 Å². The standard InChI is InChI=1S/C32H28N2O5/c1-20-21(2)28(39-29-16-17-33-26-19-31(38-4)30(37-3)18-25(26)29)15-14-27(20)34(32(35)36)24-12-10-23(11-13-24)22-8-6-5-7-9-22/h5-19H,1-4H3,(H,35,36). The Morgan fingerprint density at radius 2 is 1.41 bits per heavy atom. The van der Waals surface area contributed by atoms with Gasteiger partial charge in [0.25, 0.3) is 0 Å². The zero-order chi connectivity index (χ0) is 27.5. The average molecular weight is 521 g/mol. The zero-order valence-electron chi connectivity index (χ0n) is 22.1. The molecule has 1 amide bonds. The van der Waals surface area contributed by atoms with Crippen molar-refractivity contribution in [2.75, 3.05) is 19.1 Å². The van der Waals surface area contributed by atoms with Gasteiger partial charge < -0.3 is 19.3 Å². The van der Waals surface area contributed by atoms with Crippen LogP contribution in [0.1, 0.15) is 11.1 Å². The van der Waals surface area contributed by atoms with Crippen LogP contribution >= 0.6 is 0 Å². The van der Waals surface area contributed by atoms with Crippen molar-refractivity contribution in [1.29, 1.82) is 0 Å². The molecule has 7 heteroatoms. The number of hydrogen-bond donors (Lipinski definition) is 1.